The van der Waals surface area contributed by atoms with Crippen molar-refractivity contribution in [1.82, 2.24) is 5.01 Å². The van der Waals surface area contributed by atoms with Crippen LogP contribution in [0.5, 0.6) is 0 Å². The van der Waals surface area contributed by atoms with E-state index in [2.05, 4.69) is 4.84 Å². The van der Waals surface area contributed by atoms with E-state index in [1.165, 1.54) is 0 Å². The molecule has 0 fully saturated rings. The molecule has 1 aromatic rings. The first-order chi connectivity index (χ1) is 7.58. The lowest BCUT2D eigenvalue weighted by atomic mass is 10.3. The predicted octanol–water partition coefficient (Wildman–Crippen LogP) is -0.0650. The second kappa shape index (κ2) is 6.14. The topological polar surface area (TPSA) is 108 Å². The lowest BCUT2D eigenvalue weighted by Gasteiger charge is -2.20. The van der Waals surface area contributed by atoms with Crippen molar-refractivity contribution >= 4 is 28.8 Å². The largest absolute Gasteiger partial charge is 0.328 e. The van der Waals surface area contributed by atoms with E-state index < -0.39 is 6.10 Å². The highest BCUT2D eigenvalue weighted by Gasteiger charge is 2.18. The molecule has 1 atom stereocenters. The molecule has 1 aromatic heterocycles. The second-order valence-electron chi connectivity index (χ2n) is 3.06. The quantitative estimate of drug-likeness (QED) is 0.392. The van der Waals surface area contributed by atoms with Gasteiger partial charge in [0.2, 0.25) is 0 Å². The molecule has 1 amide bonds. The fourth-order valence-electron chi connectivity index (χ4n) is 1.05. The second-order valence-corrected chi connectivity index (χ2v) is 4.77. The number of rotatable bonds is 5. The highest BCUT2D eigenvalue weighted by molar-refractivity contribution is 7.17. The normalized spacial score (nSPS) is 12.5. The Bertz CT molecular complexity index is 356. The zero-order chi connectivity index (χ0) is 12.1. The molecular formula is C8H13ClN4O2S. The highest BCUT2D eigenvalue weighted by atomic mass is 35.5. The number of amides is 1. The van der Waals surface area contributed by atoms with Gasteiger partial charge in [0.1, 0.15) is 6.10 Å². The summed E-state index contributed by atoms with van der Waals surface area (Å²) in [7, 11) is 0. The molecule has 90 valence electrons. The summed E-state index contributed by atoms with van der Waals surface area (Å²) in [5.41, 5.74) is 5.36. The molecule has 0 unspecified atom stereocenters. The zero-order valence-corrected chi connectivity index (χ0v) is 10.0. The Labute approximate surface area is 102 Å². The van der Waals surface area contributed by atoms with Gasteiger partial charge < -0.3 is 5.73 Å². The van der Waals surface area contributed by atoms with Crippen molar-refractivity contribution < 1.29 is 9.63 Å². The number of nitrogens with zero attached hydrogens (tertiary/aromatic N) is 1. The van der Waals surface area contributed by atoms with Crippen molar-refractivity contribution in [2.75, 3.05) is 13.1 Å². The Hall–Kier alpha value is -0.700. The van der Waals surface area contributed by atoms with Gasteiger partial charge in [-0.3, -0.25) is 14.6 Å². The van der Waals surface area contributed by atoms with E-state index in [1.807, 2.05) is 0 Å². The van der Waals surface area contributed by atoms with Crippen LogP contribution in [0.25, 0.3) is 0 Å². The van der Waals surface area contributed by atoms with Gasteiger partial charge in [-0.2, -0.15) is 0 Å². The summed E-state index contributed by atoms with van der Waals surface area (Å²) >= 11 is 6.87. The minimum Gasteiger partial charge on any atom is -0.328 e. The Morgan fingerprint density at radius 3 is 2.75 bits per heavy atom. The van der Waals surface area contributed by atoms with Crippen molar-refractivity contribution in [3.05, 3.63) is 21.3 Å². The molecule has 0 radical (unpaired) electrons. The summed E-state index contributed by atoms with van der Waals surface area (Å²) in [5, 5.41) is 1.01. The summed E-state index contributed by atoms with van der Waals surface area (Å²) in [6.45, 7) is 0.310. The molecule has 0 saturated heterocycles. The smallest absolute Gasteiger partial charge is 0.277 e. The highest BCUT2D eigenvalue weighted by Crippen LogP contribution is 2.22. The van der Waals surface area contributed by atoms with Crippen LogP contribution in [0.2, 0.25) is 4.34 Å². The molecule has 8 heteroatoms. The molecule has 0 aliphatic heterocycles. The van der Waals surface area contributed by atoms with E-state index in [0.717, 1.165) is 16.3 Å². The standard InChI is InChI=1S/C8H13ClN4O2S/c9-7-2-1-6(16-7)8(14)13(11)4-5(3-10)15-12/h1-2,5H,3-4,10-12H2/t5-/m1/s1. The SMILES string of the molecule is NC[C@H](CN(N)C(=O)c1ccc(Cl)s1)ON. The lowest BCUT2D eigenvalue weighted by Crippen LogP contribution is -2.46. The van der Waals surface area contributed by atoms with Gasteiger partial charge in [0, 0.05) is 6.54 Å². The Morgan fingerprint density at radius 1 is 1.62 bits per heavy atom. The van der Waals surface area contributed by atoms with Crippen molar-refractivity contribution in [3.8, 4) is 0 Å². The number of hydrogen-bond acceptors (Lipinski definition) is 6. The molecule has 0 bridgehead atoms. The van der Waals surface area contributed by atoms with Crippen LogP contribution in [0.4, 0.5) is 0 Å². The first-order valence-corrected chi connectivity index (χ1v) is 5.65. The average molecular weight is 265 g/mol. The maximum atomic E-state index is 11.7. The van der Waals surface area contributed by atoms with Crippen LogP contribution in [0.3, 0.4) is 0 Å². The average Bonchev–Trinajstić information content (AvgIpc) is 2.71. The summed E-state index contributed by atoms with van der Waals surface area (Å²) < 4.78 is 0.530. The molecule has 0 aliphatic rings. The fourth-order valence-corrected chi connectivity index (χ4v) is 2.05. The molecular weight excluding hydrogens is 252 g/mol. The van der Waals surface area contributed by atoms with Crippen LogP contribution in [-0.4, -0.2) is 30.1 Å². The van der Waals surface area contributed by atoms with Gasteiger partial charge in [-0.1, -0.05) is 11.6 Å². The number of nitrogens with two attached hydrogens (primary N) is 3. The number of hydrogen-bond donors (Lipinski definition) is 3. The fraction of sp³-hybridized carbons (Fsp3) is 0.375. The number of thiophene rings is 1. The monoisotopic (exact) mass is 264 g/mol. The first-order valence-electron chi connectivity index (χ1n) is 4.46. The molecule has 0 spiro atoms. The number of hydrazine groups is 1. The summed E-state index contributed by atoms with van der Waals surface area (Å²) in [6.07, 6.45) is -0.482. The number of carbonyl (C=O) groups is 1. The van der Waals surface area contributed by atoms with E-state index in [1.54, 1.807) is 12.1 Å². The molecule has 0 saturated carbocycles. The van der Waals surface area contributed by atoms with Crippen LogP contribution in [0.15, 0.2) is 12.1 Å². The minimum absolute atomic E-state index is 0.126. The van der Waals surface area contributed by atoms with Crippen LogP contribution in [-0.2, 0) is 4.84 Å². The molecule has 1 rings (SSSR count). The van der Waals surface area contributed by atoms with Crippen molar-refractivity contribution in [2.45, 2.75) is 6.10 Å². The minimum atomic E-state index is -0.482. The molecule has 0 aliphatic carbocycles. The van der Waals surface area contributed by atoms with Crippen molar-refractivity contribution in [2.24, 2.45) is 17.5 Å². The van der Waals surface area contributed by atoms with Gasteiger partial charge in [0.05, 0.1) is 15.8 Å². The van der Waals surface area contributed by atoms with Gasteiger partial charge in [0.25, 0.3) is 5.91 Å². The lowest BCUT2D eigenvalue weighted by molar-refractivity contribution is 0.0278. The zero-order valence-electron chi connectivity index (χ0n) is 8.43. The third-order valence-electron chi connectivity index (χ3n) is 1.90. The van der Waals surface area contributed by atoms with Crippen molar-refractivity contribution in [3.63, 3.8) is 0 Å². The Kier molecular flexibility index (Phi) is 5.13. The molecule has 16 heavy (non-hydrogen) atoms. The summed E-state index contributed by atoms with van der Waals surface area (Å²) in [4.78, 5) is 16.7. The van der Waals surface area contributed by atoms with Gasteiger partial charge >= 0.3 is 0 Å². The van der Waals surface area contributed by atoms with E-state index in [9.17, 15) is 4.79 Å². The number of carbonyl (C=O) groups excluding carboxylic acids is 1. The molecule has 6 nitrogen and oxygen atoms in total. The Balaban J connectivity index is 2.60. The number of halogens is 1. The maximum absolute atomic E-state index is 11.7. The van der Waals surface area contributed by atoms with Gasteiger partial charge in [0.15, 0.2) is 0 Å². The molecule has 1 heterocycles. The van der Waals surface area contributed by atoms with Gasteiger partial charge in [-0.15, -0.1) is 11.3 Å². The molecule has 6 N–H and O–H groups in total. The first kappa shape index (κ1) is 13.4. The van der Waals surface area contributed by atoms with Crippen LogP contribution in [0.1, 0.15) is 9.67 Å². The third-order valence-corrected chi connectivity index (χ3v) is 3.12. The van der Waals surface area contributed by atoms with E-state index >= 15 is 0 Å². The van der Waals surface area contributed by atoms with E-state index in [0.29, 0.717) is 9.21 Å². The van der Waals surface area contributed by atoms with Crippen LogP contribution in [0, 0.1) is 0 Å². The maximum Gasteiger partial charge on any atom is 0.277 e. The van der Waals surface area contributed by atoms with E-state index in [-0.39, 0.29) is 19.0 Å². The van der Waals surface area contributed by atoms with Crippen molar-refractivity contribution in [1.29, 1.82) is 0 Å². The molecule has 0 aromatic carbocycles. The van der Waals surface area contributed by atoms with Crippen LogP contribution >= 0.6 is 22.9 Å². The van der Waals surface area contributed by atoms with Gasteiger partial charge in [-0.25, -0.2) is 11.7 Å². The summed E-state index contributed by atoms with van der Waals surface area (Å²) in [6, 6.07) is 3.24. The Morgan fingerprint density at radius 2 is 2.31 bits per heavy atom. The van der Waals surface area contributed by atoms with Crippen LogP contribution < -0.4 is 17.5 Å². The summed E-state index contributed by atoms with van der Waals surface area (Å²) in [5.74, 6) is 10.2. The predicted molar refractivity (Wildman–Crippen MR) is 62.7 cm³/mol. The van der Waals surface area contributed by atoms with Gasteiger partial charge in [-0.05, 0) is 12.1 Å². The van der Waals surface area contributed by atoms with E-state index in [4.69, 9.17) is 29.1 Å². The third kappa shape index (κ3) is 3.41.